The van der Waals surface area contributed by atoms with Crippen LogP contribution in [0.25, 0.3) is 0 Å². The van der Waals surface area contributed by atoms with E-state index >= 15 is 0 Å². The van der Waals surface area contributed by atoms with E-state index in [4.69, 9.17) is 15.2 Å². The summed E-state index contributed by atoms with van der Waals surface area (Å²) in [6, 6.07) is 6.90. The van der Waals surface area contributed by atoms with Crippen molar-refractivity contribution in [3.63, 3.8) is 0 Å². The van der Waals surface area contributed by atoms with Crippen molar-refractivity contribution in [3.8, 4) is 5.88 Å². The predicted molar refractivity (Wildman–Crippen MR) is 97.1 cm³/mol. The first-order chi connectivity index (χ1) is 11.9. The number of rotatable bonds is 7. The van der Waals surface area contributed by atoms with E-state index < -0.39 is 0 Å². The van der Waals surface area contributed by atoms with Gasteiger partial charge in [-0.3, -0.25) is 0 Å². The highest BCUT2D eigenvalue weighted by atomic mass is 16.5. The molecule has 1 aromatic carbocycles. The Balaban J connectivity index is 2.07. The Labute approximate surface area is 147 Å². The molecular weight excluding hydrogens is 320 g/mol. The lowest BCUT2D eigenvalue weighted by molar-refractivity contribution is 0.0459. The molecule has 1 aromatic heterocycles. The summed E-state index contributed by atoms with van der Waals surface area (Å²) in [5, 5.41) is 3.09. The van der Waals surface area contributed by atoms with Crippen molar-refractivity contribution in [2.75, 3.05) is 17.7 Å². The lowest BCUT2D eigenvalue weighted by atomic mass is 10.2. The van der Waals surface area contributed by atoms with Gasteiger partial charge in [0.25, 0.3) is 0 Å². The lowest BCUT2D eigenvalue weighted by Crippen LogP contribution is -2.11. The molecule has 0 aliphatic rings. The number of anilines is 3. The minimum atomic E-state index is -0.339. The van der Waals surface area contributed by atoms with Crippen LogP contribution in [0.2, 0.25) is 0 Å². The molecule has 2 aromatic rings. The Morgan fingerprint density at radius 3 is 2.44 bits per heavy atom. The molecule has 25 heavy (non-hydrogen) atoms. The summed E-state index contributed by atoms with van der Waals surface area (Å²) in [5.41, 5.74) is 7.60. The SMILES string of the molecule is CC(C)COC(=O)c1ccc(Nc2ncnc(OC(C)C)c2N)cc1. The fraction of sp³-hybridized carbons (Fsp3) is 0.389. The third-order valence-corrected chi connectivity index (χ3v) is 3.13. The minimum Gasteiger partial charge on any atom is -0.473 e. The van der Waals surface area contributed by atoms with Gasteiger partial charge in [0.2, 0.25) is 5.88 Å². The van der Waals surface area contributed by atoms with E-state index in [0.717, 1.165) is 5.69 Å². The minimum absolute atomic E-state index is 0.0406. The number of nitrogens with one attached hydrogen (secondary N) is 1. The fourth-order valence-corrected chi connectivity index (χ4v) is 1.95. The van der Waals surface area contributed by atoms with Crippen LogP contribution in [0.15, 0.2) is 30.6 Å². The zero-order valence-electron chi connectivity index (χ0n) is 14.9. The second-order valence-electron chi connectivity index (χ2n) is 6.30. The Bertz CT molecular complexity index is 715. The number of hydrogen-bond acceptors (Lipinski definition) is 7. The number of ether oxygens (including phenoxy) is 2. The molecule has 0 atom stereocenters. The first-order valence-electron chi connectivity index (χ1n) is 8.18. The van der Waals surface area contributed by atoms with Gasteiger partial charge in [0.1, 0.15) is 12.0 Å². The first-order valence-corrected chi connectivity index (χ1v) is 8.18. The second kappa shape index (κ2) is 8.32. The summed E-state index contributed by atoms with van der Waals surface area (Å²) in [6.45, 7) is 8.17. The molecule has 0 saturated heterocycles. The highest BCUT2D eigenvalue weighted by Crippen LogP contribution is 2.28. The topological polar surface area (TPSA) is 99.4 Å². The predicted octanol–water partition coefficient (Wildman–Crippen LogP) is 3.40. The van der Waals surface area contributed by atoms with Gasteiger partial charge in [0, 0.05) is 5.69 Å². The summed E-state index contributed by atoms with van der Waals surface area (Å²) < 4.78 is 10.7. The van der Waals surface area contributed by atoms with Crippen LogP contribution in [-0.2, 0) is 4.74 Å². The van der Waals surface area contributed by atoms with E-state index in [-0.39, 0.29) is 12.1 Å². The van der Waals surface area contributed by atoms with E-state index in [0.29, 0.717) is 35.5 Å². The van der Waals surface area contributed by atoms with E-state index in [9.17, 15) is 4.79 Å². The van der Waals surface area contributed by atoms with E-state index in [1.165, 1.54) is 6.33 Å². The van der Waals surface area contributed by atoms with Gasteiger partial charge in [0.05, 0.1) is 18.3 Å². The maximum atomic E-state index is 11.9. The molecule has 0 fully saturated rings. The highest BCUT2D eigenvalue weighted by molar-refractivity contribution is 5.90. The average molecular weight is 344 g/mol. The number of esters is 1. The van der Waals surface area contributed by atoms with Gasteiger partial charge < -0.3 is 20.5 Å². The summed E-state index contributed by atoms with van der Waals surface area (Å²) in [6.07, 6.45) is 1.34. The summed E-state index contributed by atoms with van der Waals surface area (Å²) >= 11 is 0. The van der Waals surface area contributed by atoms with Crippen molar-refractivity contribution in [3.05, 3.63) is 36.2 Å². The number of nitrogens with zero attached hydrogens (tertiary/aromatic N) is 2. The molecule has 0 unspecified atom stereocenters. The van der Waals surface area contributed by atoms with Crippen molar-refractivity contribution in [1.82, 2.24) is 9.97 Å². The molecule has 2 rings (SSSR count). The van der Waals surface area contributed by atoms with Crippen molar-refractivity contribution in [2.24, 2.45) is 5.92 Å². The van der Waals surface area contributed by atoms with Crippen LogP contribution in [0.4, 0.5) is 17.2 Å². The molecule has 0 spiro atoms. The van der Waals surface area contributed by atoms with Crippen LogP contribution in [0.1, 0.15) is 38.1 Å². The van der Waals surface area contributed by atoms with E-state index in [1.807, 2.05) is 27.7 Å². The number of nitrogens with two attached hydrogens (primary N) is 1. The first kappa shape index (κ1) is 18.5. The van der Waals surface area contributed by atoms with Crippen LogP contribution in [0, 0.1) is 5.92 Å². The molecule has 0 saturated carbocycles. The molecule has 7 heteroatoms. The Morgan fingerprint density at radius 1 is 1.16 bits per heavy atom. The zero-order valence-corrected chi connectivity index (χ0v) is 14.9. The number of carbonyl (C=O) groups excluding carboxylic acids is 1. The molecule has 0 radical (unpaired) electrons. The molecule has 0 aliphatic heterocycles. The van der Waals surface area contributed by atoms with Crippen molar-refractivity contribution < 1.29 is 14.3 Å². The van der Waals surface area contributed by atoms with Crippen LogP contribution in [-0.4, -0.2) is 28.6 Å². The standard InChI is InChI=1S/C18H24N4O3/c1-11(2)9-24-18(23)13-5-7-14(8-6-13)22-16-15(19)17(21-10-20-16)25-12(3)4/h5-8,10-12H,9,19H2,1-4H3,(H,20,21,22). The molecule has 134 valence electrons. The molecule has 3 N–H and O–H groups in total. The average Bonchev–Trinajstić information content (AvgIpc) is 2.56. The largest absolute Gasteiger partial charge is 0.473 e. The Hall–Kier alpha value is -2.83. The van der Waals surface area contributed by atoms with Crippen molar-refractivity contribution in [1.29, 1.82) is 0 Å². The number of benzene rings is 1. The highest BCUT2D eigenvalue weighted by Gasteiger charge is 2.12. The third-order valence-electron chi connectivity index (χ3n) is 3.13. The molecule has 0 amide bonds. The van der Waals surface area contributed by atoms with Crippen LogP contribution in [0.5, 0.6) is 5.88 Å². The molecule has 7 nitrogen and oxygen atoms in total. The van der Waals surface area contributed by atoms with Gasteiger partial charge in [-0.25, -0.2) is 9.78 Å². The van der Waals surface area contributed by atoms with E-state index in [1.54, 1.807) is 24.3 Å². The fourth-order valence-electron chi connectivity index (χ4n) is 1.95. The number of carbonyl (C=O) groups is 1. The third kappa shape index (κ3) is 5.34. The molecule has 1 heterocycles. The van der Waals surface area contributed by atoms with Crippen LogP contribution >= 0.6 is 0 Å². The second-order valence-corrected chi connectivity index (χ2v) is 6.30. The van der Waals surface area contributed by atoms with Crippen molar-refractivity contribution in [2.45, 2.75) is 33.8 Å². The van der Waals surface area contributed by atoms with Gasteiger partial charge in [0.15, 0.2) is 5.82 Å². The van der Waals surface area contributed by atoms with Crippen LogP contribution in [0.3, 0.4) is 0 Å². The lowest BCUT2D eigenvalue weighted by Gasteiger charge is -2.14. The number of aromatic nitrogens is 2. The number of hydrogen-bond donors (Lipinski definition) is 2. The zero-order chi connectivity index (χ0) is 18.4. The van der Waals surface area contributed by atoms with Gasteiger partial charge in [-0.05, 0) is 44.0 Å². The quantitative estimate of drug-likeness (QED) is 0.743. The Morgan fingerprint density at radius 2 is 1.84 bits per heavy atom. The molecule has 0 bridgehead atoms. The smallest absolute Gasteiger partial charge is 0.338 e. The monoisotopic (exact) mass is 344 g/mol. The van der Waals surface area contributed by atoms with Crippen molar-refractivity contribution >= 4 is 23.2 Å². The van der Waals surface area contributed by atoms with Gasteiger partial charge >= 0.3 is 5.97 Å². The van der Waals surface area contributed by atoms with Gasteiger partial charge in [-0.1, -0.05) is 13.8 Å². The normalized spacial score (nSPS) is 10.8. The molecular formula is C18H24N4O3. The molecule has 0 aliphatic carbocycles. The summed E-state index contributed by atoms with van der Waals surface area (Å²) in [4.78, 5) is 20.1. The Kier molecular flexibility index (Phi) is 6.16. The van der Waals surface area contributed by atoms with Gasteiger partial charge in [-0.2, -0.15) is 4.98 Å². The summed E-state index contributed by atoms with van der Waals surface area (Å²) in [7, 11) is 0. The maximum absolute atomic E-state index is 11.9. The van der Waals surface area contributed by atoms with Gasteiger partial charge in [-0.15, -0.1) is 0 Å². The summed E-state index contributed by atoms with van der Waals surface area (Å²) in [5.74, 6) is 0.740. The maximum Gasteiger partial charge on any atom is 0.338 e. The number of nitrogen functional groups attached to an aromatic ring is 1. The van der Waals surface area contributed by atoms with Crippen LogP contribution < -0.4 is 15.8 Å². The van der Waals surface area contributed by atoms with E-state index in [2.05, 4.69) is 15.3 Å².